The van der Waals surface area contributed by atoms with Gasteiger partial charge in [0.25, 0.3) is 0 Å². The summed E-state index contributed by atoms with van der Waals surface area (Å²) >= 11 is 0. The molecule has 0 amide bonds. The Bertz CT molecular complexity index is 425. The highest BCUT2D eigenvalue weighted by Gasteiger charge is 2.38. The van der Waals surface area contributed by atoms with Crippen LogP contribution in [0, 0.1) is 0 Å². The highest BCUT2D eigenvalue weighted by molar-refractivity contribution is 6.89. The summed E-state index contributed by atoms with van der Waals surface area (Å²) < 4.78 is 0. The lowest BCUT2D eigenvalue weighted by molar-refractivity contribution is 0.317. The Morgan fingerprint density at radius 3 is 0.840 bits per heavy atom. The van der Waals surface area contributed by atoms with Crippen LogP contribution in [0.5, 0.6) is 0 Å². The molecule has 0 radical (unpaired) electrons. The molecule has 0 aliphatic carbocycles. The van der Waals surface area contributed by atoms with Gasteiger partial charge in [0.05, 0.1) is 30.9 Å². The lowest BCUT2D eigenvalue weighted by Gasteiger charge is -2.32. The first-order chi connectivity index (χ1) is 12.0. The molecule has 0 aromatic rings. The van der Waals surface area contributed by atoms with E-state index in [0.717, 1.165) is 0 Å². The fraction of sp³-hybridized carbons (Fsp3) is 0.750. The van der Waals surface area contributed by atoms with Gasteiger partial charge in [-0.15, -0.1) is 0 Å². The van der Waals surface area contributed by atoms with E-state index in [9.17, 15) is 20.8 Å². The maximum atomic E-state index is 9.31. The molecule has 0 spiro atoms. The van der Waals surface area contributed by atoms with Crippen molar-refractivity contribution in [3.63, 3.8) is 0 Å². The van der Waals surface area contributed by atoms with Crippen LogP contribution < -0.4 is 0 Å². The smallest absolute Gasteiger partial charge is 0.0766 e. The molecule has 8 nitrogen and oxygen atoms in total. The van der Waals surface area contributed by atoms with Crippen LogP contribution in [0.2, 0.25) is 24.2 Å². The van der Waals surface area contributed by atoms with Crippen molar-refractivity contribution in [3.05, 3.63) is 0 Å². The van der Waals surface area contributed by atoms with Crippen LogP contribution in [-0.2, 0) is 0 Å². The summed E-state index contributed by atoms with van der Waals surface area (Å²) in [4.78, 5) is 0. The van der Waals surface area contributed by atoms with Crippen LogP contribution in [0.25, 0.3) is 0 Å². The van der Waals surface area contributed by atoms with Gasteiger partial charge in [-0.25, -0.2) is 0 Å². The van der Waals surface area contributed by atoms with Crippen LogP contribution in [-0.4, -0.2) is 51.7 Å². The third kappa shape index (κ3) is 7.68. The summed E-state index contributed by atoms with van der Waals surface area (Å²) in [5, 5.41) is 50.9. The predicted molar refractivity (Wildman–Crippen MR) is 103 cm³/mol. The SMILES string of the molecule is CCC(C[Si](CC(CC)=NO)(CC(CC)=NO)CC(CC)=NO)=NO. The number of nitrogens with zero attached hydrogens (tertiary/aromatic N) is 4. The van der Waals surface area contributed by atoms with Crippen molar-refractivity contribution in [1.82, 2.24) is 0 Å². The maximum absolute atomic E-state index is 9.31. The Balaban J connectivity index is 6.06. The van der Waals surface area contributed by atoms with Crippen molar-refractivity contribution >= 4 is 30.9 Å². The van der Waals surface area contributed by atoms with Crippen molar-refractivity contribution in [2.75, 3.05) is 0 Å². The van der Waals surface area contributed by atoms with E-state index in [4.69, 9.17) is 0 Å². The zero-order valence-electron chi connectivity index (χ0n) is 15.7. The van der Waals surface area contributed by atoms with E-state index in [2.05, 4.69) is 20.6 Å². The maximum Gasteiger partial charge on any atom is 0.0766 e. The summed E-state index contributed by atoms with van der Waals surface area (Å²) in [6, 6.07) is 2.21. The first-order valence-electron chi connectivity index (χ1n) is 8.77. The second kappa shape index (κ2) is 12.5. The quantitative estimate of drug-likeness (QED) is 0.175. The van der Waals surface area contributed by atoms with E-state index < -0.39 is 8.07 Å². The summed E-state index contributed by atoms with van der Waals surface area (Å²) in [6.45, 7) is 7.65. The molecule has 0 rings (SSSR count). The van der Waals surface area contributed by atoms with Crippen molar-refractivity contribution < 1.29 is 20.8 Å². The summed E-state index contributed by atoms with van der Waals surface area (Å²) in [5.41, 5.74) is 2.62. The third-order valence-corrected chi connectivity index (χ3v) is 9.15. The van der Waals surface area contributed by atoms with E-state index in [1.54, 1.807) is 0 Å². The van der Waals surface area contributed by atoms with Gasteiger partial charge in [-0.1, -0.05) is 48.3 Å². The highest BCUT2D eigenvalue weighted by Crippen LogP contribution is 2.31. The van der Waals surface area contributed by atoms with Crippen LogP contribution in [0.3, 0.4) is 0 Å². The van der Waals surface area contributed by atoms with Gasteiger partial charge in [0.15, 0.2) is 0 Å². The molecule has 0 atom stereocenters. The Kier molecular flexibility index (Phi) is 11.5. The van der Waals surface area contributed by atoms with E-state index in [1.165, 1.54) is 0 Å². The Morgan fingerprint density at radius 2 is 0.720 bits per heavy atom. The van der Waals surface area contributed by atoms with Gasteiger partial charge in [0, 0.05) is 0 Å². The third-order valence-electron chi connectivity index (χ3n) is 4.51. The lowest BCUT2D eigenvalue weighted by Crippen LogP contribution is -2.43. The van der Waals surface area contributed by atoms with Gasteiger partial charge >= 0.3 is 0 Å². The van der Waals surface area contributed by atoms with Gasteiger partial charge in [0.2, 0.25) is 0 Å². The zero-order valence-corrected chi connectivity index (χ0v) is 16.7. The van der Waals surface area contributed by atoms with Gasteiger partial charge in [-0.3, -0.25) is 0 Å². The van der Waals surface area contributed by atoms with E-state index in [0.29, 0.717) is 72.7 Å². The minimum Gasteiger partial charge on any atom is -0.411 e. The number of oxime groups is 4. The molecule has 9 heteroatoms. The molecule has 0 saturated carbocycles. The molecule has 0 fully saturated rings. The predicted octanol–water partition coefficient (Wildman–Crippen LogP) is 4.40. The molecule has 0 aromatic heterocycles. The molecule has 25 heavy (non-hydrogen) atoms. The molecular formula is C16H32N4O4Si. The lowest BCUT2D eigenvalue weighted by atomic mass is 10.3. The fourth-order valence-corrected chi connectivity index (χ4v) is 8.53. The molecule has 0 unspecified atom stereocenters. The Hall–Kier alpha value is -1.90. The summed E-state index contributed by atoms with van der Waals surface area (Å²) in [7, 11) is -2.38. The van der Waals surface area contributed by atoms with E-state index in [-0.39, 0.29) is 0 Å². The Labute approximate surface area is 150 Å². The van der Waals surface area contributed by atoms with E-state index in [1.807, 2.05) is 27.7 Å². The standard InChI is InChI=1S/C16H32N4O4Si/c1-5-13(17-21)9-25(10-14(6-2)18-22,11-15(7-3)19-23)12-16(8-4)20-24/h21-24H,5-12H2,1-4H3. The number of hydrogen-bond donors (Lipinski definition) is 4. The van der Waals surface area contributed by atoms with Crippen molar-refractivity contribution in [2.24, 2.45) is 20.6 Å². The number of rotatable bonds is 12. The monoisotopic (exact) mass is 372 g/mol. The van der Waals surface area contributed by atoms with Gasteiger partial charge in [-0.2, -0.15) is 0 Å². The number of hydrogen-bond acceptors (Lipinski definition) is 8. The summed E-state index contributed by atoms with van der Waals surface area (Å²) in [6.07, 6.45) is 2.38. The highest BCUT2D eigenvalue weighted by atomic mass is 28.3. The van der Waals surface area contributed by atoms with Gasteiger partial charge < -0.3 is 20.8 Å². The Morgan fingerprint density at radius 1 is 0.520 bits per heavy atom. The van der Waals surface area contributed by atoms with Crippen molar-refractivity contribution in [2.45, 2.75) is 77.6 Å². The molecule has 0 aliphatic heterocycles. The fourth-order valence-electron chi connectivity index (χ4n) is 3.03. The summed E-state index contributed by atoms with van der Waals surface area (Å²) in [5.74, 6) is 0. The zero-order chi connectivity index (χ0) is 19.3. The van der Waals surface area contributed by atoms with Crippen LogP contribution in [0.4, 0.5) is 0 Å². The van der Waals surface area contributed by atoms with Crippen molar-refractivity contribution in [1.29, 1.82) is 0 Å². The molecule has 0 aliphatic rings. The molecule has 0 aromatic carbocycles. The first kappa shape index (κ1) is 23.1. The van der Waals surface area contributed by atoms with E-state index >= 15 is 0 Å². The second-order valence-corrected chi connectivity index (χ2v) is 10.7. The minimum atomic E-state index is -2.38. The van der Waals surface area contributed by atoms with Crippen LogP contribution in [0.1, 0.15) is 53.4 Å². The molecule has 4 N–H and O–H groups in total. The normalized spacial score (nSPS) is 16.8. The van der Waals surface area contributed by atoms with Crippen molar-refractivity contribution in [3.8, 4) is 0 Å². The van der Waals surface area contributed by atoms with Gasteiger partial charge in [0.1, 0.15) is 0 Å². The largest absolute Gasteiger partial charge is 0.411 e. The topological polar surface area (TPSA) is 130 Å². The average molecular weight is 373 g/mol. The molecule has 0 heterocycles. The molecule has 144 valence electrons. The van der Waals surface area contributed by atoms with Crippen LogP contribution in [0.15, 0.2) is 20.6 Å². The molecule has 0 bridgehead atoms. The van der Waals surface area contributed by atoms with Crippen LogP contribution >= 0.6 is 0 Å². The molecule has 0 saturated heterocycles. The minimum absolute atomic E-state index is 0.553. The second-order valence-electron chi connectivity index (χ2n) is 6.29. The first-order valence-corrected chi connectivity index (χ1v) is 11.6. The van der Waals surface area contributed by atoms with Gasteiger partial charge in [-0.05, 0) is 49.9 Å². The average Bonchev–Trinajstić information content (AvgIpc) is 2.66. The molecular weight excluding hydrogens is 340 g/mol.